The van der Waals surface area contributed by atoms with E-state index in [0.29, 0.717) is 6.54 Å². The van der Waals surface area contributed by atoms with Gasteiger partial charge in [-0.15, -0.1) is 11.3 Å². The predicted octanol–water partition coefficient (Wildman–Crippen LogP) is 2.31. The summed E-state index contributed by atoms with van der Waals surface area (Å²) >= 11 is 7.36. The van der Waals surface area contributed by atoms with Gasteiger partial charge in [0.1, 0.15) is 0 Å². The van der Waals surface area contributed by atoms with Crippen molar-refractivity contribution in [1.29, 1.82) is 0 Å². The largest absolute Gasteiger partial charge is 0.481 e. The molecule has 0 saturated heterocycles. The van der Waals surface area contributed by atoms with Gasteiger partial charge in [0, 0.05) is 23.3 Å². The monoisotopic (exact) mass is 233 g/mol. The van der Waals surface area contributed by atoms with Gasteiger partial charge in [-0.3, -0.25) is 4.79 Å². The van der Waals surface area contributed by atoms with E-state index in [-0.39, 0.29) is 6.42 Å². The van der Waals surface area contributed by atoms with Crippen LogP contribution in [0.2, 0.25) is 5.02 Å². The van der Waals surface area contributed by atoms with Crippen molar-refractivity contribution in [3.8, 4) is 0 Å². The first-order valence-electron chi connectivity index (χ1n) is 4.21. The fourth-order valence-electron chi connectivity index (χ4n) is 1.07. The van der Waals surface area contributed by atoms with Gasteiger partial charge < -0.3 is 10.0 Å². The first-order chi connectivity index (χ1) is 6.58. The summed E-state index contributed by atoms with van der Waals surface area (Å²) in [6.45, 7) is 1.31. The van der Waals surface area contributed by atoms with Crippen LogP contribution in [-0.2, 0) is 11.3 Å². The highest BCUT2D eigenvalue weighted by Crippen LogP contribution is 2.20. The van der Waals surface area contributed by atoms with E-state index in [9.17, 15) is 4.79 Å². The van der Waals surface area contributed by atoms with Crippen LogP contribution in [0.3, 0.4) is 0 Å². The summed E-state index contributed by atoms with van der Waals surface area (Å²) in [5.41, 5.74) is 0. The molecule has 0 aromatic carbocycles. The van der Waals surface area contributed by atoms with E-state index >= 15 is 0 Å². The second-order valence-corrected chi connectivity index (χ2v) is 4.54. The molecule has 0 saturated carbocycles. The lowest BCUT2D eigenvalue weighted by Gasteiger charge is -2.13. The molecule has 1 heterocycles. The Morgan fingerprint density at radius 3 is 2.93 bits per heavy atom. The zero-order valence-corrected chi connectivity index (χ0v) is 9.44. The Kier molecular flexibility index (Phi) is 4.38. The maximum Gasteiger partial charge on any atom is 0.304 e. The summed E-state index contributed by atoms with van der Waals surface area (Å²) in [5.74, 6) is -0.763. The lowest BCUT2D eigenvalue weighted by molar-refractivity contribution is -0.137. The molecule has 5 heteroatoms. The number of hydrogen-bond donors (Lipinski definition) is 1. The standard InChI is InChI=1S/C9H12ClNO2S/c1-11(3-2-9(12)13)5-8-4-7(10)6-14-8/h4,6H,2-3,5H2,1H3,(H,12,13). The molecule has 0 unspecified atom stereocenters. The van der Waals surface area contributed by atoms with Gasteiger partial charge in [0.15, 0.2) is 0 Å². The minimum Gasteiger partial charge on any atom is -0.481 e. The second-order valence-electron chi connectivity index (χ2n) is 3.11. The third-order valence-corrected chi connectivity index (χ3v) is 3.02. The molecule has 14 heavy (non-hydrogen) atoms. The van der Waals surface area contributed by atoms with Crippen molar-refractivity contribution in [2.75, 3.05) is 13.6 Å². The Balaban J connectivity index is 2.33. The Bertz CT molecular complexity index is 314. The predicted molar refractivity (Wildman–Crippen MR) is 57.9 cm³/mol. The molecule has 1 aromatic heterocycles. The van der Waals surface area contributed by atoms with Gasteiger partial charge in [0.25, 0.3) is 0 Å². The van der Waals surface area contributed by atoms with E-state index in [1.54, 1.807) is 11.3 Å². The number of thiophene rings is 1. The molecule has 0 aliphatic heterocycles. The van der Waals surface area contributed by atoms with E-state index < -0.39 is 5.97 Å². The third-order valence-electron chi connectivity index (χ3n) is 1.75. The minimum atomic E-state index is -0.763. The van der Waals surface area contributed by atoms with Gasteiger partial charge in [0.2, 0.25) is 0 Å². The lowest BCUT2D eigenvalue weighted by atomic mass is 10.3. The molecular formula is C9H12ClNO2S. The number of carboxylic acid groups (broad SMARTS) is 1. The third kappa shape index (κ3) is 4.09. The van der Waals surface area contributed by atoms with Crippen molar-refractivity contribution < 1.29 is 9.90 Å². The quantitative estimate of drug-likeness (QED) is 0.849. The Morgan fingerprint density at radius 2 is 2.43 bits per heavy atom. The van der Waals surface area contributed by atoms with E-state index in [2.05, 4.69) is 0 Å². The molecule has 0 spiro atoms. The molecule has 0 aliphatic rings. The number of halogens is 1. The molecule has 1 N–H and O–H groups in total. The summed E-state index contributed by atoms with van der Waals surface area (Å²) in [7, 11) is 1.90. The van der Waals surface area contributed by atoms with Crippen LogP contribution in [0, 0.1) is 0 Å². The van der Waals surface area contributed by atoms with Gasteiger partial charge >= 0.3 is 5.97 Å². The second kappa shape index (κ2) is 5.34. The van der Waals surface area contributed by atoms with Crippen LogP contribution in [0.5, 0.6) is 0 Å². The lowest BCUT2D eigenvalue weighted by Crippen LogP contribution is -2.20. The number of hydrogen-bond acceptors (Lipinski definition) is 3. The van der Waals surface area contributed by atoms with E-state index in [0.717, 1.165) is 16.4 Å². The van der Waals surface area contributed by atoms with Crippen molar-refractivity contribution in [3.05, 3.63) is 21.3 Å². The van der Waals surface area contributed by atoms with Crippen molar-refractivity contribution in [1.82, 2.24) is 4.90 Å². The smallest absolute Gasteiger partial charge is 0.304 e. The molecule has 78 valence electrons. The first kappa shape index (κ1) is 11.5. The van der Waals surface area contributed by atoms with Crippen molar-refractivity contribution in [2.45, 2.75) is 13.0 Å². The summed E-state index contributed by atoms with van der Waals surface area (Å²) < 4.78 is 0. The number of carbonyl (C=O) groups is 1. The Hall–Kier alpha value is -0.580. The molecule has 0 amide bonds. The van der Waals surface area contributed by atoms with Crippen molar-refractivity contribution in [2.24, 2.45) is 0 Å². The highest BCUT2D eigenvalue weighted by atomic mass is 35.5. The highest BCUT2D eigenvalue weighted by Gasteiger charge is 2.04. The van der Waals surface area contributed by atoms with Gasteiger partial charge in [-0.1, -0.05) is 11.6 Å². The molecule has 3 nitrogen and oxygen atoms in total. The molecule has 0 aliphatic carbocycles. The molecule has 1 rings (SSSR count). The summed E-state index contributed by atoms with van der Waals surface area (Å²) in [6, 6.07) is 1.91. The zero-order chi connectivity index (χ0) is 10.6. The van der Waals surface area contributed by atoms with Gasteiger partial charge in [-0.05, 0) is 13.1 Å². The number of rotatable bonds is 5. The van der Waals surface area contributed by atoms with E-state index in [4.69, 9.17) is 16.7 Å². The molecule has 0 fully saturated rings. The first-order valence-corrected chi connectivity index (χ1v) is 5.47. The van der Waals surface area contributed by atoms with Crippen LogP contribution >= 0.6 is 22.9 Å². The fraction of sp³-hybridized carbons (Fsp3) is 0.444. The van der Waals surface area contributed by atoms with Crippen LogP contribution in [0.1, 0.15) is 11.3 Å². The van der Waals surface area contributed by atoms with Gasteiger partial charge in [-0.2, -0.15) is 0 Å². The zero-order valence-electron chi connectivity index (χ0n) is 7.86. The normalized spacial score (nSPS) is 10.8. The van der Waals surface area contributed by atoms with Crippen molar-refractivity contribution in [3.63, 3.8) is 0 Å². The van der Waals surface area contributed by atoms with E-state index in [1.807, 2.05) is 23.4 Å². The summed E-state index contributed by atoms with van der Waals surface area (Å²) in [5, 5.41) is 11.1. The average Bonchev–Trinajstić information content (AvgIpc) is 2.48. The summed E-state index contributed by atoms with van der Waals surface area (Å²) in [6.07, 6.45) is 0.176. The van der Waals surface area contributed by atoms with Crippen LogP contribution in [0.4, 0.5) is 0 Å². The van der Waals surface area contributed by atoms with E-state index in [1.165, 1.54) is 0 Å². The number of carboxylic acids is 1. The van der Waals surface area contributed by atoms with Gasteiger partial charge in [-0.25, -0.2) is 0 Å². The van der Waals surface area contributed by atoms with Crippen LogP contribution in [0.25, 0.3) is 0 Å². The summed E-state index contributed by atoms with van der Waals surface area (Å²) in [4.78, 5) is 13.4. The van der Waals surface area contributed by atoms with Gasteiger partial charge in [0.05, 0.1) is 11.4 Å². The minimum absolute atomic E-state index is 0.176. The Labute approximate surface area is 91.9 Å². The van der Waals surface area contributed by atoms with Crippen LogP contribution in [0.15, 0.2) is 11.4 Å². The highest BCUT2D eigenvalue weighted by molar-refractivity contribution is 7.10. The van der Waals surface area contributed by atoms with Crippen LogP contribution in [-0.4, -0.2) is 29.6 Å². The molecule has 0 atom stereocenters. The fourth-order valence-corrected chi connectivity index (χ4v) is 2.22. The maximum atomic E-state index is 10.3. The Morgan fingerprint density at radius 1 is 1.71 bits per heavy atom. The van der Waals surface area contributed by atoms with Crippen LogP contribution < -0.4 is 0 Å². The maximum absolute atomic E-state index is 10.3. The molecule has 1 aromatic rings. The molecule has 0 bridgehead atoms. The molecule has 0 radical (unpaired) electrons. The number of aliphatic carboxylic acids is 1. The topological polar surface area (TPSA) is 40.5 Å². The molecular weight excluding hydrogens is 222 g/mol. The number of nitrogens with zero attached hydrogens (tertiary/aromatic N) is 1. The van der Waals surface area contributed by atoms with Crippen molar-refractivity contribution >= 4 is 28.9 Å². The SMILES string of the molecule is CN(CCC(=O)O)Cc1cc(Cl)cs1. The average molecular weight is 234 g/mol.